The summed E-state index contributed by atoms with van der Waals surface area (Å²) >= 11 is 0. The first-order chi connectivity index (χ1) is 9.72. The van der Waals surface area contributed by atoms with Crippen molar-refractivity contribution in [1.29, 1.82) is 0 Å². The summed E-state index contributed by atoms with van der Waals surface area (Å²) in [5.41, 5.74) is -0.597. The van der Waals surface area contributed by atoms with Gasteiger partial charge in [-0.15, -0.1) is 0 Å². The van der Waals surface area contributed by atoms with Gasteiger partial charge in [0, 0.05) is 12.6 Å². The van der Waals surface area contributed by atoms with Gasteiger partial charge in [-0.25, -0.2) is 4.98 Å². The molecule has 0 saturated heterocycles. The summed E-state index contributed by atoms with van der Waals surface area (Å²) in [4.78, 5) is 4.24. The molecule has 1 aliphatic carbocycles. The Hall–Kier alpha value is -1.46. The van der Waals surface area contributed by atoms with Gasteiger partial charge in [-0.2, -0.15) is 13.2 Å². The lowest BCUT2D eigenvalue weighted by Gasteiger charge is -2.28. The van der Waals surface area contributed by atoms with Crippen molar-refractivity contribution in [2.75, 3.05) is 17.2 Å². The Morgan fingerprint density at radius 1 is 1.29 bits per heavy atom. The molecule has 1 aromatic rings. The topological polar surface area (TPSA) is 37.0 Å². The van der Waals surface area contributed by atoms with Crippen LogP contribution < -0.4 is 10.6 Å². The van der Waals surface area contributed by atoms with Crippen LogP contribution in [0.4, 0.5) is 24.8 Å². The number of nitrogens with zero attached hydrogens (tertiary/aromatic N) is 1. The zero-order valence-corrected chi connectivity index (χ0v) is 12.6. The van der Waals surface area contributed by atoms with Crippen molar-refractivity contribution in [3.63, 3.8) is 0 Å². The van der Waals surface area contributed by atoms with E-state index in [1.54, 1.807) is 0 Å². The molecule has 1 unspecified atom stereocenters. The molecule has 0 radical (unpaired) electrons. The highest BCUT2D eigenvalue weighted by molar-refractivity contribution is 5.50. The van der Waals surface area contributed by atoms with Gasteiger partial charge in [0.25, 0.3) is 0 Å². The SMILES string of the molecule is CCNc1cc(C(F)(F)F)cc(NC2CCCC2(C)C)n1. The summed E-state index contributed by atoms with van der Waals surface area (Å²) in [7, 11) is 0. The Kier molecular flexibility index (Phi) is 4.35. The summed E-state index contributed by atoms with van der Waals surface area (Å²) in [6, 6.07) is 2.30. The molecule has 1 fully saturated rings. The standard InChI is InChI=1S/C15H22F3N3/c1-4-19-12-8-10(15(16,17)18)9-13(21-12)20-11-6-5-7-14(11,2)3/h8-9,11H,4-7H2,1-3H3,(H2,19,20,21). The number of hydrogen-bond donors (Lipinski definition) is 2. The van der Waals surface area contributed by atoms with Gasteiger partial charge in [-0.3, -0.25) is 0 Å². The fourth-order valence-corrected chi connectivity index (χ4v) is 2.81. The van der Waals surface area contributed by atoms with Crippen LogP contribution >= 0.6 is 0 Å². The number of hydrogen-bond acceptors (Lipinski definition) is 3. The molecule has 0 spiro atoms. The third-order valence-corrected chi connectivity index (χ3v) is 4.09. The van der Waals surface area contributed by atoms with Crippen molar-refractivity contribution in [2.24, 2.45) is 5.41 Å². The molecule has 6 heteroatoms. The molecule has 1 aromatic heterocycles. The van der Waals surface area contributed by atoms with Crippen LogP contribution in [0.5, 0.6) is 0 Å². The quantitative estimate of drug-likeness (QED) is 0.858. The lowest BCUT2D eigenvalue weighted by molar-refractivity contribution is -0.137. The largest absolute Gasteiger partial charge is 0.416 e. The molecule has 1 heterocycles. The molecule has 0 amide bonds. The number of anilines is 2. The number of aromatic nitrogens is 1. The average Bonchev–Trinajstić information content (AvgIpc) is 2.68. The zero-order valence-electron chi connectivity index (χ0n) is 12.6. The average molecular weight is 301 g/mol. The molecule has 0 aliphatic heterocycles. The van der Waals surface area contributed by atoms with Crippen molar-refractivity contribution in [1.82, 2.24) is 4.98 Å². The lowest BCUT2D eigenvalue weighted by Crippen LogP contribution is -2.31. The molecule has 2 N–H and O–H groups in total. The molecule has 1 saturated carbocycles. The highest BCUT2D eigenvalue weighted by Crippen LogP contribution is 2.39. The first kappa shape index (κ1) is 15.9. The number of alkyl halides is 3. The van der Waals surface area contributed by atoms with Gasteiger partial charge in [0.15, 0.2) is 0 Å². The first-order valence-corrected chi connectivity index (χ1v) is 7.32. The number of halogens is 3. The summed E-state index contributed by atoms with van der Waals surface area (Å²) in [6.07, 6.45) is -1.25. The van der Waals surface area contributed by atoms with Gasteiger partial charge in [0.2, 0.25) is 0 Å². The number of pyridine rings is 1. The van der Waals surface area contributed by atoms with E-state index in [4.69, 9.17) is 0 Å². The van der Waals surface area contributed by atoms with Gasteiger partial charge in [-0.05, 0) is 37.3 Å². The zero-order chi connectivity index (χ0) is 15.7. The van der Waals surface area contributed by atoms with E-state index in [1.165, 1.54) is 0 Å². The molecule has 0 aromatic carbocycles. The van der Waals surface area contributed by atoms with Crippen molar-refractivity contribution < 1.29 is 13.2 Å². The maximum Gasteiger partial charge on any atom is 0.416 e. The summed E-state index contributed by atoms with van der Waals surface area (Å²) in [5, 5.41) is 6.05. The van der Waals surface area contributed by atoms with Crippen LogP contribution in [0.25, 0.3) is 0 Å². The number of rotatable bonds is 4. The van der Waals surface area contributed by atoms with Crippen LogP contribution in [-0.4, -0.2) is 17.6 Å². The fraction of sp³-hybridized carbons (Fsp3) is 0.667. The van der Waals surface area contributed by atoms with Crippen LogP contribution in [0.3, 0.4) is 0 Å². The highest BCUT2D eigenvalue weighted by atomic mass is 19.4. The molecule has 118 valence electrons. The maximum atomic E-state index is 13.0. The van der Waals surface area contributed by atoms with E-state index in [1.807, 2.05) is 6.92 Å². The second-order valence-electron chi connectivity index (χ2n) is 6.23. The molecule has 2 rings (SSSR count). The molecule has 0 bridgehead atoms. The van der Waals surface area contributed by atoms with Gasteiger partial charge in [0.05, 0.1) is 5.56 Å². The fourth-order valence-electron chi connectivity index (χ4n) is 2.81. The minimum Gasteiger partial charge on any atom is -0.370 e. The molecular formula is C15H22F3N3. The van der Waals surface area contributed by atoms with E-state index in [0.717, 1.165) is 31.4 Å². The summed E-state index contributed by atoms with van der Waals surface area (Å²) < 4.78 is 38.9. The lowest BCUT2D eigenvalue weighted by atomic mass is 9.87. The predicted molar refractivity (Wildman–Crippen MR) is 78.4 cm³/mol. The molecular weight excluding hydrogens is 279 g/mol. The Morgan fingerprint density at radius 2 is 1.95 bits per heavy atom. The van der Waals surface area contributed by atoms with E-state index >= 15 is 0 Å². The van der Waals surface area contributed by atoms with Crippen LogP contribution in [0.1, 0.15) is 45.6 Å². The third-order valence-electron chi connectivity index (χ3n) is 4.09. The molecule has 3 nitrogen and oxygen atoms in total. The van der Waals surface area contributed by atoms with Crippen molar-refractivity contribution in [2.45, 2.75) is 52.3 Å². The van der Waals surface area contributed by atoms with E-state index in [-0.39, 0.29) is 17.3 Å². The van der Waals surface area contributed by atoms with Crippen LogP contribution in [0.15, 0.2) is 12.1 Å². The van der Waals surface area contributed by atoms with E-state index in [0.29, 0.717) is 12.4 Å². The molecule has 21 heavy (non-hydrogen) atoms. The van der Waals surface area contributed by atoms with E-state index < -0.39 is 11.7 Å². The Balaban J connectivity index is 2.28. The maximum absolute atomic E-state index is 13.0. The normalized spacial score (nSPS) is 21.3. The van der Waals surface area contributed by atoms with E-state index in [2.05, 4.69) is 29.5 Å². The van der Waals surface area contributed by atoms with Gasteiger partial charge >= 0.3 is 6.18 Å². The van der Waals surface area contributed by atoms with Crippen LogP contribution in [-0.2, 0) is 6.18 Å². The number of nitrogens with one attached hydrogen (secondary N) is 2. The van der Waals surface area contributed by atoms with Crippen LogP contribution in [0, 0.1) is 5.41 Å². The van der Waals surface area contributed by atoms with Gasteiger partial charge in [-0.1, -0.05) is 20.3 Å². The minimum atomic E-state index is -4.37. The summed E-state index contributed by atoms with van der Waals surface area (Å²) in [6.45, 7) is 6.63. The Morgan fingerprint density at radius 3 is 2.48 bits per heavy atom. The highest BCUT2D eigenvalue weighted by Gasteiger charge is 2.36. The van der Waals surface area contributed by atoms with Gasteiger partial charge in [0.1, 0.15) is 11.6 Å². The smallest absolute Gasteiger partial charge is 0.370 e. The first-order valence-electron chi connectivity index (χ1n) is 7.32. The monoisotopic (exact) mass is 301 g/mol. The third kappa shape index (κ3) is 3.80. The van der Waals surface area contributed by atoms with Crippen molar-refractivity contribution in [3.05, 3.63) is 17.7 Å². The molecule has 1 aliphatic rings. The minimum absolute atomic E-state index is 0.0776. The second kappa shape index (κ2) is 5.73. The van der Waals surface area contributed by atoms with Crippen molar-refractivity contribution >= 4 is 11.6 Å². The Labute approximate surface area is 123 Å². The molecule has 1 atom stereocenters. The van der Waals surface area contributed by atoms with Crippen LogP contribution in [0.2, 0.25) is 0 Å². The van der Waals surface area contributed by atoms with E-state index in [9.17, 15) is 13.2 Å². The Bertz CT molecular complexity index is 497. The van der Waals surface area contributed by atoms with Crippen molar-refractivity contribution in [3.8, 4) is 0 Å². The van der Waals surface area contributed by atoms with Gasteiger partial charge < -0.3 is 10.6 Å². The summed E-state index contributed by atoms with van der Waals surface area (Å²) in [5.74, 6) is 0.548. The second-order valence-corrected chi connectivity index (χ2v) is 6.23. The predicted octanol–water partition coefficient (Wildman–Crippen LogP) is 4.52.